The minimum atomic E-state index is -4.38. The van der Waals surface area contributed by atoms with Gasteiger partial charge in [-0.2, -0.15) is 13.2 Å². The number of ether oxygens (including phenoxy) is 3. The molecular formula is C23H26F3NO4. The lowest BCUT2D eigenvalue weighted by Gasteiger charge is -2.28. The summed E-state index contributed by atoms with van der Waals surface area (Å²) in [4.78, 5) is 14.0. The Balaban J connectivity index is 1.53. The maximum Gasteiger partial charge on any atom is 0.416 e. The van der Waals surface area contributed by atoms with E-state index in [-0.39, 0.29) is 12.1 Å². The molecule has 1 aliphatic heterocycles. The molecule has 0 aliphatic carbocycles. The molecule has 2 aromatic rings. The minimum Gasteiger partial charge on any atom is -0.491 e. The average Bonchev–Trinajstić information content (AvgIpc) is 3.15. The summed E-state index contributed by atoms with van der Waals surface area (Å²) in [6, 6.07) is 11.2. The van der Waals surface area contributed by atoms with Gasteiger partial charge in [-0.05, 0) is 82.1 Å². The Hall–Kier alpha value is -2.90. The van der Waals surface area contributed by atoms with Crippen molar-refractivity contribution in [3.05, 3.63) is 54.1 Å². The van der Waals surface area contributed by atoms with E-state index in [0.29, 0.717) is 30.4 Å². The van der Waals surface area contributed by atoms with E-state index in [1.807, 2.05) is 20.8 Å². The molecule has 1 heterocycles. The van der Waals surface area contributed by atoms with Gasteiger partial charge in [0.15, 0.2) is 0 Å². The van der Waals surface area contributed by atoms with E-state index in [0.717, 1.165) is 25.0 Å². The lowest BCUT2D eigenvalue weighted by Crippen LogP contribution is -2.42. The summed E-state index contributed by atoms with van der Waals surface area (Å²) in [5.41, 5.74) is -1.27. The molecule has 31 heavy (non-hydrogen) atoms. The Bertz CT molecular complexity index is 874. The Labute approximate surface area is 179 Å². The number of alkyl halides is 3. The van der Waals surface area contributed by atoms with Gasteiger partial charge in [-0.15, -0.1) is 0 Å². The number of rotatable bonds is 5. The molecule has 168 valence electrons. The van der Waals surface area contributed by atoms with Crippen LogP contribution in [-0.4, -0.2) is 35.8 Å². The number of amides is 1. The summed E-state index contributed by atoms with van der Waals surface area (Å²) < 4.78 is 54.8. The molecule has 3 rings (SSSR count). The van der Waals surface area contributed by atoms with Crippen molar-refractivity contribution in [1.29, 1.82) is 0 Å². The van der Waals surface area contributed by atoms with Crippen molar-refractivity contribution in [2.75, 3.05) is 13.2 Å². The molecule has 0 saturated carbocycles. The third-order valence-corrected chi connectivity index (χ3v) is 4.69. The Kier molecular flexibility index (Phi) is 6.67. The van der Waals surface area contributed by atoms with Crippen LogP contribution in [0.1, 0.15) is 39.2 Å². The van der Waals surface area contributed by atoms with Crippen LogP contribution in [0, 0.1) is 0 Å². The average molecular weight is 437 g/mol. The van der Waals surface area contributed by atoms with E-state index in [1.54, 1.807) is 29.2 Å². The van der Waals surface area contributed by atoms with E-state index in [2.05, 4.69) is 0 Å². The van der Waals surface area contributed by atoms with Gasteiger partial charge in [0.25, 0.3) is 0 Å². The molecule has 1 atom stereocenters. The number of carbonyl (C=O) groups is 1. The molecule has 5 nitrogen and oxygen atoms in total. The summed E-state index contributed by atoms with van der Waals surface area (Å²) in [7, 11) is 0. The SMILES string of the molecule is CC(C)(C)OC(=O)N1CCC[C@H]1COc1ccc(Oc2ccc(C(F)(F)F)cc2)cc1. The van der Waals surface area contributed by atoms with E-state index in [4.69, 9.17) is 14.2 Å². The predicted molar refractivity (Wildman–Crippen MR) is 109 cm³/mol. The van der Waals surface area contributed by atoms with Gasteiger partial charge in [-0.3, -0.25) is 0 Å². The van der Waals surface area contributed by atoms with Crippen molar-refractivity contribution in [2.24, 2.45) is 0 Å². The van der Waals surface area contributed by atoms with Gasteiger partial charge >= 0.3 is 12.3 Å². The van der Waals surface area contributed by atoms with Crippen LogP contribution in [0.4, 0.5) is 18.0 Å². The van der Waals surface area contributed by atoms with Crippen LogP contribution in [-0.2, 0) is 10.9 Å². The van der Waals surface area contributed by atoms with Gasteiger partial charge in [-0.25, -0.2) is 4.79 Å². The summed E-state index contributed by atoms with van der Waals surface area (Å²) in [5.74, 6) is 1.39. The number of hydrogen-bond donors (Lipinski definition) is 0. The molecule has 0 N–H and O–H groups in total. The lowest BCUT2D eigenvalue weighted by atomic mass is 10.2. The fourth-order valence-electron chi connectivity index (χ4n) is 3.21. The normalized spacial score (nSPS) is 16.8. The number of likely N-dealkylation sites (tertiary alicyclic amines) is 1. The lowest BCUT2D eigenvalue weighted by molar-refractivity contribution is -0.137. The van der Waals surface area contributed by atoms with E-state index in [1.165, 1.54) is 12.1 Å². The van der Waals surface area contributed by atoms with Crippen molar-refractivity contribution < 1.29 is 32.2 Å². The fraction of sp³-hybridized carbons (Fsp3) is 0.435. The molecule has 1 amide bonds. The molecular weight excluding hydrogens is 411 g/mol. The smallest absolute Gasteiger partial charge is 0.416 e. The molecule has 2 aromatic carbocycles. The van der Waals surface area contributed by atoms with Crippen molar-refractivity contribution in [1.82, 2.24) is 4.90 Å². The molecule has 0 radical (unpaired) electrons. The number of nitrogens with zero attached hydrogens (tertiary/aromatic N) is 1. The van der Waals surface area contributed by atoms with Gasteiger partial charge in [0, 0.05) is 6.54 Å². The van der Waals surface area contributed by atoms with Crippen molar-refractivity contribution in [2.45, 2.75) is 51.4 Å². The standard InChI is InChI=1S/C23H26F3NO4/c1-22(2,3)31-21(28)27-14-4-5-17(27)15-29-18-10-12-20(13-11-18)30-19-8-6-16(7-9-19)23(24,25)26/h6-13,17H,4-5,14-15H2,1-3H3/t17-/m0/s1. The second kappa shape index (κ2) is 9.08. The van der Waals surface area contributed by atoms with Gasteiger partial charge in [0.1, 0.15) is 29.5 Å². The molecule has 0 spiro atoms. The van der Waals surface area contributed by atoms with Crippen LogP contribution in [0.3, 0.4) is 0 Å². The third-order valence-electron chi connectivity index (χ3n) is 4.69. The quantitative estimate of drug-likeness (QED) is 0.553. The molecule has 1 saturated heterocycles. The monoisotopic (exact) mass is 437 g/mol. The van der Waals surface area contributed by atoms with Crippen LogP contribution >= 0.6 is 0 Å². The largest absolute Gasteiger partial charge is 0.491 e. The number of benzene rings is 2. The Morgan fingerprint density at radius 1 is 0.968 bits per heavy atom. The second-order valence-electron chi connectivity index (χ2n) is 8.38. The van der Waals surface area contributed by atoms with Crippen LogP contribution in [0.25, 0.3) is 0 Å². The summed E-state index contributed by atoms with van der Waals surface area (Å²) in [6.07, 6.45) is -2.98. The van der Waals surface area contributed by atoms with Gasteiger partial charge in [-0.1, -0.05) is 0 Å². The van der Waals surface area contributed by atoms with E-state index < -0.39 is 17.3 Å². The Morgan fingerprint density at radius 3 is 2.06 bits per heavy atom. The number of halogens is 3. The summed E-state index contributed by atoms with van der Waals surface area (Å²) >= 11 is 0. The maximum absolute atomic E-state index is 12.6. The number of carbonyl (C=O) groups excluding carboxylic acids is 1. The molecule has 0 aromatic heterocycles. The van der Waals surface area contributed by atoms with Crippen LogP contribution in [0.2, 0.25) is 0 Å². The molecule has 1 fully saturated rings. The fourth-order valence-corrected chi connectivity index (χ4v) is 3.21. The van der Waals surface area contributed by atoms with Crippen LogP contribution in [0.5, 0.6) is 17.2 Å². The van der Waals surface area contributed by atoms with Gasteiger partial charge in [0.2, 0.25) is 0 Å². The highest BCUT2D eigenvalue weighted by Crippen LogP contribution is 2.32. The second-order valence-corrected chi connectivity index (χ2v) is 8.38. The third kappa shape index (κ3) is 6.54. The first-order chi connectivity index (χ1) is 14.5. The maximum atomic E-state index is 12.6. The highest BCUT2D eigenvalue weighted by molar-refractivity contribution is 5.69. The molecule has 0 bridgehead atoms. The topological polar surface area (TPSA) is 48.0 Å². The van der Waals surface area contributed by atoms with Gasteiger partial charge < -0.3 is 19.1 Å². The van der Waals surface area contributed by atoms with Crippen molar-refractivity contribution in [3.63, 3.8) is 0 Å². The first-order valence-corrected chi connectivity index (χ1v) is 10.1. The summed E-state index contributed by atoms with van der Waals surface area (Å²) in [6.45, 7) is 6.49. The first-order valence-electron chi connectivity index (χ1n) is 10.1. The van der Waals surface area contributed by atoms with Gasteiger partial charge in [0.05, 0.1) is 11.6 Å². The zero-order valence-electron chi connectivity index (χ0n) is 17.7. The number of hydrogen-bond acceptors (Lipinski definition) is 4. The highest BCUT2D eigenvalue weighted by Gasteiger charge is 2.32. The van der Waals surface area contributed by atoms with Crippen LogP contribution in [0.15, 0.2) is 48.5 Å². The highest BCUT2D eigenvalue weighted by atomic mass is 19.4. The first kappa shape index (κ1) is 22.8. The molecule has 0 unspecified atom stereocenters. The minimum absolute atomic E-state index is 0.0575. The molecule has 8 heteroatoms. The van der Waals surface area contributed by atoms with E-state index >= 15 is 0 Å². The summed E-state index contributed by atoms with van der Waals surface area (Å²) in [5, 5.41) is 0. The van der Waals surface area contributed by atoms with Crippen molar-refractivity contribution >= 4 is 6.09 Å². The van der Waals surface area contributed by atoms with E-state index in [9.17, 15) is 18.0 Å². The zero-order chi connectivity index (χ0) is 22.6. The Morgan fingerprint density at radius 2 is 1.52 bits per heavy atom. The van der Waals surface area contributed by atoms with Crippen LogP contribution < -0.4 is 9.47 Å². The van der Waals surface area contributed by atoms with Crippen molar-refractivity contribution in [3.8, 4) is 17.2 Å². The predicted octanol–water partition coefficient (Wildman–Crippen LogP) is 6.28. The molecule has 1 aliphatic rings. The zero-order valence-corrected chi connectivity index (χ0v) is 17.7.